The highest BCUT2D eigenvalue weighted by molar-refractivity contribution is 5.81. The smallest absolute Gasteiger partial charge is 0.407 e. The topological polar surface area (TPSA) is 105 Å². The highest BCUT2D eigenvalue weighted by Gasteiger charge is 2.39. The predicted molar refractivity (Wildman–Crippen MR) is 133 cm³/mol. The first-order valence-corrected chi connectivity index (χ1v) is 12.5. The van der Waals surface area contributed by atoms with Crippen LogP contribution in [0.25, 0.3) is 11.1 Å². The molecule has 1 atom stereocenters. The van der Waals surface area contributed by atoms with Crippen LogP contribution in [-0.4, -0.2) is 41.3 Å². The quantitative estimate of drug-likeness (QED) is 0.446. The summed E-state index contributed by atoms with van der Waals surface area (Å²) in [5, 5.41) is 15.0. The lowest BCUT2D eigenvalue weighted by Gasteiger charge is -2.30. The summed E-state index contributed by atoms with van der Waals surface area (Å²) in [6.07, 6.45) is 4.12. The summed E-state index contributed by atoms with van der Waals surface area (Å²) >= 11 is 0. The molecule has 35 heavy (non-hydrogen) atoms. The predicted octanol–water partition coefficient (Wildman–Crippen LogP) is 4.99. The number of carbonyl (C=O) groups excluding carboxylic acids is 2. The number of nitrogens with one attached hydrogen (secondary N) is 2. The fourth-order valence-electron chi connectivity index (χ4n) is 5.62. The molecule has 2 aromatic rings. The van der Waals surface area contributed by atoms with E-state index in [1.165, 1.54) is 11.1 Å². The molecule has 0 radical (unpaired) electrons. The maximum atomic E-state index is 12.9. The highest BCUT2D eigenvalue weighted by Crippen LogP contribution is 2.44. The van der Waals surface area contributed by atoms with Gasteiger partial charge in [0.1, 0.15) is 6.61 Å². The molecule has 0 heterocycles. The van der Waals surface area contributed by atoms with Gasteiger partial charge < -0.3 is 20.5 Å². The lowest BCUT2D eigenvalue weighted by Crippen LogP contribution is -2.51. The Hall–Kier alpha value is -3.35. The Kier molecular flexibility index (Phi) is 7.73. The maximum absolute atomic E-state index is 12.9. The number of rotatable bonds is 10. The molecule has 2 amide bonds. The van der Waals surface area contributed by atoms with Gasteiger partial charge in [0, 0.05) is 18.4 Å². The van der Waals surface area contributed by atoms with Crippen LogP contribution in [0.15, 0.2) is 48.5 Å². The second-order valence-corrected chi connectivity index (χ2v) is 9.77. The van der Waals surface area contributed by atoms with Crippen molar-refractivity contribution in [3.05, 3.63) is 59.7 Å². The average molecular weight is 479 g/mol. The molecular formula is C28H34N2O5. The van der Waals surface area contributed by atoms with E-state index in [2.05, 4.69) is 34.9 Å². The molecule has 1 fully saturated rings. The van der Waals surface area contributed by atoms with Gasteiger partial charge in [-0.15, -0.1) is 0 Å². The van der Waals surface area contributed by atoms with E-state index in [0.717, 1.165) is 30.4 Å². The van der Waals surface area contributed by atoms with Crippen LogP contribution in [0.2, 0.25) is 0 Å². The molecule has 0 unspecified atom stereocenters. The van der Waals surface area contributed by atoms with E-state index in [1.807, 2.05) is 31.2 Å². The fraction of sp³-hybridized carbons (Fsp3) is 0.464. The van der Waals surface area contributed by atoms with Crippen molar-refractivity contribution >= 4 is 18.0 Å². The van der Waals surface area contributed by atoms with Gasteiger partial charge in [-0.2, -0.15) is 0 Å². The van der Waals surface area contributed by atoms with Crippen LogP contribution in [-0.2, 0) is 14.3 Å². The van der Waals surface area contributed by atoms with Crippen LogP contribution >= 0.6 is 0 Å². The Labute approximate surface area is 206 Å². The lowest BCUT2D eigenvalue weighted by molar-refractivity contribution is -0.137. The molecule has 4 rings (SSSR count). The number of aliphatic carboxylic acids is 1. The molecule has 0 spiro atoms. The minimum absolute atomic E-state index is 0.0261. The van der Waals surface area contributed by atoms with Gasteiger partial charge in [0.25, 0.3) is 0 Å². The van der Waals surface area contributed by atoms with Gasteiger partial charge in [0.2, 0.25) is 5.91 Å². The minimum atomic E-state index is -0.934. The average Bonchev–Trinajstić information content (AvgIpc) is 3.39. The summed E-state index contributed by atoms with van der Waals surface area (Å²) in [5.74, 6) is -1.19. The number of carboxylic acids is 1. The van der Waals surface area contributed by atoms with Crippen LogP contribution in [0.3, 0.4) is 0 Å². The Morgan fingerprint density at radius 1 is 1.03 bits per heavy atom. The Balaban J connectivity index is 1.38. The number of fused-ring (bicyclic) bond motifs is 3. The molecule has 7 heteroatoms. The lowest BCUT2D eigenvalue weighted by atomic mass is 9.92. The molecule has 2 aliphatic carbocycles. The van der Waals surface area contributed by atoms with Gasteiger partial charge in [-0.25, -0.2) is 4.79 Å². The third kappa shape index (κ3) is 5.84. The number of benzene rings is 2. The van der Waals surface area contributed by atoms with Gasteiger partial charge in [0.15, 0.2) is 0 Å². The van der Waals surface area contributed by atoms with Gasteiger partial charge in [0.05, 0.1) is 12.0 Å². The zero-order chi connectivity index (χ0) is 24.8. The molecule has 1 saturated carbocycles. The van der Waals surface area contributed by atoms with Crippen molar-refractivity contribution in [2.45, 2.75) is 75.8 Å². The molecule has 7 nitrogen and oxygen atoms in total. The fourth-order valence-corrected chi connectivity index (χ4v) is 5.62. The van der Waals surface area contributed by atoms with E-state index in [1.54, 1.807) is 0 Å². The van der Waals surface area contributed by atoms with E-state index in [4.69, 9.17) is 9.84 Å². The van der Waals surface area contributed by atoms with Gasteiger partial charge in [-0.05, 0) is 41.5 Å². The van der Waals surface area contributed by atoms with Gasteiger partial charge >= 0.3 is 12.1 Å². The monoisotopic (exact) mass is 478 g/mol. The van der Waals surface area contributed by atoms with Crippen LogP contribution in [0, 0.1) is 0 Å². The van der Waals surface area contributed by atoms with E-state index in [-0.39, 0.29) is 31.3 Å². The maximum Gasteiger partial charge on any atom is 0.407 e. The number of hydrogen-bond acceptors (Lipinski definition) is 4. The Morgan fingerprint density at radius 3 is 2.20 bits per heavy atom. The number of carboxylic acid groups (broad SMARTS) is 1. The number of hydrogen-bond donors (Lipinski definition) is 3. The summed E-state index contributed by atoms with van der Waals surface area (Å²) in [5.41, 5.74) is 3.98. The van der Waals surface area contributed by atoms with E-state index < -0.39 is 23.6 Å². The van der Waals surface area contributed by atoms with Crippen molar-refractivity contribution in [1.29, 1.82) is 0 Å². The molecular weight excluding hydrogens is 444 g/mol. The zero-order valence-electron chi connectivity index (χ0n) is 20.2. The zero-order valence-corrected chi connectivity index (χ0v) is 20.2. The van der Waals surface area contributed by atoms with E-state index in [0.29, 0.717) is 19.3 Å². The second kappa shape index (κ2) is 10.9. The minimum Gasteiger partial charge on any atom is -0.481 e. The van der Waals surface area contributed by atoms with Crippen LogP contribution in [0.1, 0.15) is 75.3 Å². The third-order valence-electron chi connectivity index (χ3n) is 7.19. The number of amides is 2. The largest absolute Gasteiger partial charge is 0.481 e. The first kappa shape index (κ1) is 24.8. The number of alkyl carbamates (subject to hydrolysis) is 1. The van der Waals surface area contributed by atoms with Crippen molar-refractivity contribution in [2.24, 2.45) is 0 Å². The van der Waals surface area contributed by atoms with Crippen molar-refractivity contribution in [1.82, 2.24) is 10.6 Å². The third-order valence-corrected chi connectivity index (χ3v) is 7.19. The number of carbonyl (C=O) groups is 3. The van der Waals surface area contributed by atoms with Crippen LogP contribution < -0.4 is 10.6 Å². The number of ether oxygens (including phenoxy) is 1. The summed E-state index contributed by atoms with van der Waals surface area (Å²) in [6, 6.07) is 16.0. The molecule has 2 aromatic carbocycles. The molecule has 0 aromatic heterocycles. The Bertz CT molecular complexity index is 1030. The van der Waals surface area contributed by atoms with Gasteiger partial charge in [-0.3, -0.25) is 9.59 Å². The van der Waals surface area contributed by atoms with Crippen molar-refractivity contribution in [2.75, 3.05) is 6.61 Å². The normalized spacial score (nSPS) is 16.7. The van der Waals surface area contributed by atoms with Crippen molar-refractivity contribution in [3.8, 4) is 11.1 Å². The van der Waals surface area contributed by atoms with E-state index >= 15 is 0 Å². The van der Waals surface area contributed by atoms with E-state index in [9.17, 15) is 14.4 Å². The summed E-state index contributed by atoms with van der Waals surface area (Å²) < 4.78 is 5.72. The highest BCUT2D eigenvalue weighted by atomic mass is 16.5. The molecule has 3 N–H and O–H groups in total. The molecule has 2 aliphatic rings. The van der Waals surface area contributed by atoms with Crippen molar-refractivity contribution < 1.29 is 24.2 Å². The summed E-state index contributed by atoms with van der Waals surface area (Å²) in [7, 11) is 0. The van der Waals surface area contributed by atoms with Crippen molar-refractivity contribution in [3.63, 3.8) is 0 Å². The Morgan fingerprint density at radius 2 is 1.63 bits per heavy atom. The molecule has 186 valence electrons. The first-order valence-electron chi connectivity index (χ1n) is 12.5. The van der Waals surface area contributed by atoms with Crippen LogP contribution in [0.4, 0.5) is 4.79 Å². The first-order chi connectivity index (χ1) is 16.9. The second-order valence-electron chi connectivity index (χ2n) is 9.77. The summed E-state index contributed by atoms with van der Waals surface area (Å²) in [6.45, 7) is 2.18. The standard InChI is InChI=1S/C28H34N2O5/c1-2-9-19(16-26(32)33)29-25(31)17-28(14-7-8-15-28)30-27(34)35-18-24-22-12-5-3-10-20(22)21-11-4-6-13-23(21)24/h3-6,10-13,19,24H,2,7-9,14-18H2,1H3,(H,29,31)(H,30,34)(H,32,33)/t19-/m1/s1. The van der Waals surface area contributed by atoms with Gasteiger partial charge in [-0.1, -0.05) is 74.7 Å². The van der Waals surface area contributed by atoms with Crippen LogP contribution in [0.5, 0.6) is 0 Å². The molecule has 0 bridgehead atoms. The SMILES string of the molecule is CCC[C@H](CC(=O)O)NC(=O)CC1(NC(=O)OCC2c3ccccc3-c3ccccc32)CCCC1. The summed E-state index contributed by atoms with van der Waals surface area (Å²) in [4.78, 5) is 36.8. The molecule has 0 aliphatic heterocycles. The molecule has 0 saturated heterocycles.